The van der Waals surface area contributed by atoms with Gasteiger partial charge in [0.1, 0.15) is 5.75 Å². The molecule has 0 aliphatic rings. The summed E-state index contributed by atoms with van der Waals surface area (Å²) < 4.78 is 18.7. The number of carbonyl (C=O) groups is 1. The summed E-state index contributed by atoms with van der Waals surface area (Å²) in [5, 5.41) is 0. The highest BCUT2D eigenvalue weighted by Crippen LogP contribution is 2.33. The molecule has 8 heteroatoms. The fourth-order valence-corrected chi connectivity index (χ4v) is 4.88. The molecule has 1 amide bonds. The smallest absolute Gasteiger partial charge is 0.248 e. The van der Waals surface area contributed by atoms with Crippen LogP contribution in [0, 0.1) is 12.3 Å². The summed E-state index contributed by atoms with van der Waals surface area (Å²) in [5.74, 6) is 5.36. The fourth-order valence-electron chi connectivity index (χ4n) is 2.97. The highest BCUT2D eigenvalue weighted by Gasteiger charge is 2.13. The van der Waals surface area contributed by atoms with Crippen molar-refractivity contribution in [3.8, 4) is 29.6 Å². The lowest BCUT2D eigenvalue weighted by Gasteiger charge is -2.08. The van der Waals surface area contributed by atoms with Gasteiger partial charge >= 0.3 is 0 Å². The molecule has 1 aromatic heterocycles. The third kappa shape index (κ3) is 5.63. The van der Waals surface area contributed by atoms with Crippen LogP contribution < -0.4 is 19.0 Å². The lowest BCUT2D eigenvalue weighted by molar-refractivity contribution is -0.118. The van der Waals surface area contributed by atoms with Gasteiger partial charge in [-0.25, -0.2) is 0 Å². The third-order valence-corrected chi connectivity index (χ3v) is 6.66. The Morgan fingerprint density at radius 2 is 1.84 bits per heavy atom. The zero-order valence-corrected chi connectivity index (χ0v) is 19.3. The Bertz CT molecular complexity index is 1160. The molecule has 0 spiro atoms. The van der Waals surface area contributed by atoms with Gasteiger partial charge in [-0.05, 0) is 36.4 Å². The molecule has 0 atom stereocenters. The van der Waals surface area contributed by atoms with Crippen LogP contribution in [0.25, 0.3) is 10.2 Å². The minimum atomic E-state index is -0.161. The predicted octanol–water partition coefficient (Wildman–Crippen LogP) is 4.36. The molecule has 6 nitrogen and oxygen atoms in total. The quantitative estimate of drug-likeness (QED) is 0.272. The molecule has 3 rings (SSSR count). The van der Waals surface area contributed by atoms with E-state index in [0.717, 1.165) is 33.0 Å². The Morgan fingerprint density at radius 1 is 1.13 bits per heavy atom. The monoisotopic (exact) mass is 456 g/mol. The molecule has 0 saturated carbocycles. The Kier molecular flexibility index (Phi) is 8.04. The van der Waals surface area contributed by atoms with Crippen molar-refractivity contribution in [2.75, 3.05) is 27.1 Å². The van der Waals surface area contributed by atoms with Crippen molar-refractivity contribution in [3.63, 3.8) is 0 Å². The maximum absolute atomic E-state index is 12.5. The number of carbonyl (C=O) groups excluding carboxylic acids is 1. The molecule has 3 aromatic rings. The van der Waals surface area contributed by atoms with E-state index < -0.39 is 0 Å². The molecule has 0 bridgehead atoms. The van der Waals surface area contributed by atoms with Gasteiger partial charge in [0, 0.05) is 23.4 Å². The van der Waals surface area contributed by atoms with Crippen molar-refractivity contribution < 1.29 is 19.0 Å². The minimum absolute atomic E-state index is 0.161. The highest BCUT2D eigenvalue weighted by molar-refractivity contribution is 7.99. The van der Waals surface area contributed by atoms with Crippen LogP contribution >= 0.6 is 23.1 Å². The predicted molar refractivity (Wildman–Crippen MR) is 125 cm³/mol. The molecule has 0 fully saturated rings. The topological polar surface area (TPSA) is 62.1 Å². The zero-order chi connectivity index (χ0) is 22.2. The molecule has 0 aliphatic heterocycles. The SMILES string of the molecule is C#CCn1c(=NC(=O)CCCSc2ccc(OC)cc2)sc2cc(OC)c(OC)cc21. The van der Waals surface area contributed by atoms with Crippen LogP contribution in [0.1, 0.15) is 12.8 Å². The Balaban J connectivity index is 1.71. The molecular weight excluding hydrogens is 432 g/mol. The van der Waals surface area contributed by atoms with Crippen LogP contribution in [0.15, 0.2) is 46.3 Å². The molecule has 0 N–H and O–H groups in total. The maximum Gasteiger partial charge on any atom is 0.248 e. The number of aromatic nitrogens is 1. The lowest BCUT2D eigenvalue weighted by Crippen LogP contribution is -2.16. The number of hydrogen-bond donors (Lipinski definition) is 0. The van der Waals surface area contributed by atoms with Gasteiger partial charge in [-0.3, -0.25) is 4.79 Å². The van der Waals surface area contributed by atoms with Crippen LogP contribution in [-0.4, -0.2) is 37.6 Å². The number of methoxy groups -OCH3 is 3. The van der Waals surface area contributed by atoms with E-state index in [0.29, 0.717) is 29.3 Å². The summed E-state index contributed by atoms with van der Waals surface area (Å²) in [6, 6.07) is 11.6. The Labute approximate surface area is 189 Å². The number of thioether (sulfide) groups is 1. The first kappa shape index (κ1) is 22.8. The van der Waals surface area contributed by atoms with Gasteiger partial charge in [0.05, 0.1) is 38.1 Å². The average Bonchev–Trinajstić information content (AvgIpc) is 3.12. The van der Waals surface area contributed by atoms with E-state index >= 15 is 0 Å². The van der Waals surface area contributed by atoms with E-state index in [1.807, 2.05) is 41.0 Å². The van der Waals surface area contributed by atoms with E-state index in [2.05, 4.69) is 10.9 Å². The largest absolute Gasteiger partial charge is 0.497 e. The number of amides is 1. The summed E-state index contributed by atoms with van der Waals surface area (Å²) in [4.78, 5) is 18.5. The third-order valence-electron chi connectivity index (χ3n) is 4.52. The van der Waals surface area contributed by atoms with E-state index in [1.54, 1.807) is 33.1 Å². The molecule has 0 unspecified atom stereocenters. The Morgan fingerprint density at radius 3 is 2.48 bits per heavy atom. The van der Waals surface area contributed by atoms with Crippen LogP contribution in [0.3, 0.4) is 0 Å². The summed E-state index contributed by atoms with van der Waals surface area (Å²) in [7, 11) is 4.82. The molecule has 1 heterocycles. The molecule has 2 aromatic carbocycles. The number of thiazole rings is 1. The van der Waals surface area contributed by atoms with E-state index in [1.165, 1.54) is 11.3 Å². The summed E-state index contributed by atoms with van der Waals surface area (Å²) in [5.41, 5.74) is 0.863. The normalized spacial score (nSPS) is 11.4. The molecular formula is C23H24N2O4S2. The van der Waals surface area contributed by atoms with Crippen molar-refractivity contribution in [2.45, 2.75) is 24.3 Å². The maximum atomic E-state index is 12.5. The second-order valence-corrected chi connectivity index (χ2v) is 8.66. The molecule has 0 saturated heterocycles. The van der Waals surface area contributed by atoms with E-state index in [4.69, 9.17) is 20.6 Å². The van der Waals surface area contributed by atoms with Gasteiger partial charge in [-0.15, -0.1) is 18.2 Å². The first-order chi connectivity index (χ1) is 15.1. The first-order valence-electron chi connectivity index (χ1n) is 9.62. The van der Waals surface area contributed by atoms with Crippen molar-refractivity contribution in [2.24, 2.45) is 4.99 Å². The standard InChI is InChI=1S/C23H24N2O4S2/c1-5-12-25-18-14-19(28-3)20(29-4)15-21(18)31-23(25)24-22(26)7-6-13-30-17-10-8-16(27-2)9-11-17/h1,8-11,14-15H,6-7,12-13H2,2-4H3. The number of rotatable bonds is 9. The summed E-state index contributed by atoms with van der Waals surface area (Å²) in [6.45, 7) is 0.314. The second-order valence-electron chi connectivity index (χ2n) is 6.48. The lowest BCUT2D eigenvalue weighted by atomic mass is 10.3. The average molecular weight is 457 g/mol. The van der Waals surface area contributed by atoms with E-state index in [9.17, 15) is 4.79 Å². The van der Waals surface area contributed by atoms with Gasteiger partial charge in [0.2, 0.25) is 5.91 Å². The number of nitrogens with zero attached hydrogens (tertiary/aromatic N) is 2. The molecule has 0 aliphatic carbocycles. The van der Waals surface area contributed by atoms with Crippen LogP contribution in [0.5, 0.6) is 17.2 Å². The minimum Gasteiger partial charge on any atom is -0.497 e. The second kappa shape index (κ2) is 10.9. The summed E-state index contributed by atoms with van der Waals surface area (Å²) in [6.07, 6.45) is 6.66. The van der Waals surface area contributed by atoms with Crippen molar-refractivity contribution in [1.29, 1.82) is 0 Å². The van der Waals surface area contributed by atoms with Gasteiger partial charge in [-0.1, -0.05) is 17.3 Å². The van der Waals surface area contributed by atoms with Crippen LogP contribution in [0.4, 0.5) is 0 Å². The van der Waals surface area contributed by atoms with Gasteiger partial charge in [-0.2, -0.15) is 4.99 Å². The van der Waals surface area contributed by atoms with Crippen molar-refractivity contribution >= 4 is 39.2 Å². The molecule has 31 heavy (non-hydrogen) atoms. The number of benzene rings is 2. The van der Waals surface area contributed by atoms with Gasteiger partial charge in [0.25, 0.3) is 0 Å². The highest BCUT2D eigenvalue weighted by atomic mass is 32.2. The number of fused-ring (bicyclic) bond motifs is 1. The van der Waals surface area contributed by atoms with Crippen molar-refractivity contribution in [3.05, 3.63) is 41.2 Å². The first-order valence-corrected chi connectivity index (χ1v) is 11.4. The van der Waals surface area contributed by atoms with Crippen LogP contribution in [0.2, 0.25) is 0 Å². The van der Waals surface area contributed by atoms with Crippen molar-refractivity contribution in [1.82, 2.24) is 4.57 Å². The number of hydrogen-bond acceptors (Lipinski definition) is 6. The zero-order valence-electron chi connectivity index (χ0n) is 17.7. The number of ether oxygens (including phenoxy) is 3. The van der Waals surface area contributed by atoms with Crippen LogP contribution in [-0.2, 0) is 11.3 Å². The molecule has 162 valence electrons. The van der Waals surface area contributed by atoms with Gasteiger partial charge < -0.3 is 18.8 Å². The fraction of sp³-hybridized carbons (Fsp3) is 0.304. The van der Waals surface area contributed by atoms with E-state index in [-0.39, 0.29) is 5.91 Å². The summed E-state index contributed by atoms with van der Waals surface area (Å²) >= 11 is 3.11. The Hall–Kier alpha value is -2.89. The number of terminal acetylenes is 1. The molecule has 0 radical (unpaired) electrons. The van der Waals surface area contributed by atoms with Gasteiger partial charge in [0.15, 0.2) is 16.3 Å².